The number of rotatable bonds is 6. The molecule has 4 aromatic rings. The van der Waals surface area contributed by atoms with Crippen molar-refractivity contribution in [1.29, 1.82) is 0 Å². The number of nitrogens with zero attached hydrogens (tertiary/aromatic N) is 5. The van der Waals surface area contributed by atoms with E-state index in [2.05, 4.69) is 58.3 Å². The lowest BCUT2D eigenvalue weighted by molar-refractivity contribution is 0.174. The summed E-state index contributed by atoms with van der Waals surface area (Å²) in [6.07, 6.45) is 0. The summed E-state index contributed by atoms with van der Waals surface area (Å²) in [5.41, 5.74) is 4.52. The van der Waals surface area contributed by atoms with Crippen molar-refractivity contribution in [3.63, 3.8) is 0 Å². The van der Waals surface area contributed by atoms with Gasteiger partial charge in [-0.1, -0.05) is 18.2 Å². The van der Waals surface area contributed by atoms with Gasteiger partial charge in [-0.3, -0.25) is 9.69 Å². The molecule has 0 aliphatic carbocycles. The van der Waals surface area contributed by atoms with Crippen LogP contribution in [0.4, 0.5) is 0 Å². The average Bonchev–Trinajstić information content (AvgIpc) is 3.46. The Labute approximate surface area is 203 Å². The summed E-state index contributed by atoms with van der Waals surface area (Å²) in [7, 11) is 0. The standard InChI is InChI=1S/C26H30N6O3/c1-16-6-8-19-11-20(25(33)27-24(19)17(16)2)13-31(14-23-28-29-30-32(23)26(3,4)5)12-18-7-9-21-22(10-18)35-15-34-21/h6-11H,12-15H2,1-5H3,(H,27,33). The third-order valence-corrected chi connectivity index (χ3v) is 6.40. The molecule has 0 bridgehead atoms. The first-order chi connectivity index (χ1) is 16.7. The predicted octanol–water partition coefficient (Wildman–Crippen LogP) is 3.82. The second-order valence-electron chi connectivity index (χ2n) is 10.1. The van der Waals surface area contributed by atoms with Gasteiger partial charge in [-0.15, -0.1) is 5.10 Å². The number of ether oxygens (including phenoxy) is 2. The summed E-state index contributed by atoms with van der Waals surface area (Å²) in [4.78, 5) is 18.4. The molecule has 9 nitrogen and oxygen atoms in total. The van der Waals surface area contributed by atoms with Gasteiger partial charge in [0.1, 0.15) is 0 Å². The van der Waals surface area contributed by atoms with Crippen molar-refractivity contribution in [1.82, 2.24) is 30.1 Å². The number of hydrogen-bond donors (Lipinski definition) is 1. The molecule has 182 valence electrons. The summed E-state index contributed by atoms with van der Waals surface area (Å²) in [6, 6.07) is 12.0. The molecule has 1 N–H and O–H groups in total. The summed E-state index contributed by atoms with van der Waals surface area (Å²) < 4.78 is 12.9. The molecular formula is C26H30N6O3. The van der Waals surface area contributed by atoms with Crippen LogP contribution in [0.5, 0.6) is 11.5 Å². The van der Waals surface area contributed by atoms with Gasteiger partial charge in [-0.2, -0.15) is 0 Å². The third-order valence-electron chi connectivity index (χ3n) is 6.40. The van der Waals surface area contributed by atoms with Gasteiger partial charge in [0.15, 0.2) is 17.3 Å². The molecule has 1 aliphatic rings. The molecule has 3 heterocycles. The maximum absolute atomic E-state index is 13.1. The summed E-state index contributed by atoms with van der Waals surface area (Å²) in [5.74, 6) is 2.21. The normalized spacial score (nSPS) is 13.2. The fourth-order valence-corrected chi connectivity index (χ4v) is 4.42. The fourth-order valence-electron chi connectivity index (χ4n) is 4.42. The van der Waals surface area contributed by atoms with Crippen LogP contribution in [0.15, 0.2) is 41.2 Å². The second kappa shape index (κ2) is 8.81. The number of pyridine rings is 1. The van der Waals surface area contributed by atoms with Crippen molar-refractivity contribution in [2.75, 3.05) is 6.79 Å². The van der Waals surface area contributed by atoms with E-state index in [9.17, 15) is 4.79 Å². The molecule has 35 heavy (non-hydrogen) atoms. The monoisotopic (exact) mass is 474 g/mol. The minimum Gasteiger partial charge on any atom is -0.454 e. The molecule has 0 atom stereocenters. The third kappa shape index (κ3) is 4.64. The Balaban J connectivity index is 1.50. The Hall–Kier alpha value is -3.72. The molecule has 0 saturated heterocycles. The zero-order valence-corrected chi connectivity index (χ0v) is 20.8. The molecular weight excluding hydrogens is 444 g/mol. The molecule has 0 unspecified atom stereocenters. The van der Waals surface area contributed by atoms with Crippen LogP contribution in [-0.4, -0.2) is 36.9 Å². The van der Waals surface area contributed by atoms with Crippen LogP contribution in [0, 0.1) is 13.8 Å². The highest BCUT2D eigenvalue weighted by atomic mass is 16.7. The number of aryl methyl sites for hydroxylation is 2. The van der Waals surface area contributed by atoms with Crippen LogP contribution in [-0.2, 0) is 25.2 Å². The fraction of sp³-hybridized carbons (Fsp3) is 0.385. The zero-order chi connectivity index (χ0) is 24.7. The number of hydrogen-bond acceptors (Lipinski definition) is 7. The number of tetrazole rings is 1. The number of aromatic amines is 1. The molecule has 2 aromatic carbocycles. The van der Waals surface area contributed by atoms with Crippen molar-refractivity contribution in [3.8, 4) is 11.5 Å². The first-order valence-electron chi connectivity index (χ1n) is 11.7. The lowest BCUT2D eigenvalue weighted by Crippen LogP contribution is -2.31. The molecule has 2 aromatic heterocycles. The van der Waals surface area contributed by atoms with Crippen molar-refractivity contribution in [2.24, 2.45) is 0 Å². The van der Waals surface area contributed by atoms with Gasteiger partial charge in [0.25, 0.3) is 5.56 Å². The van der Waals surface area contributed by atoms with E-state index in [0.717, 1.165) is 44.9 Å². The smallest absolute Gasteiger partial charge is 0.252 e. The number of nitrogens with one attached hydrogen (secondary N) is 1. The van der Waals surface area contributed by atoms with Crippen LogP contribution in [0.25, 0.3) is 10.9 Å². The quantitative estimate of drug-likeness (QED) is 0.454. The van der Waals surface area contributed by atoms with Gasteiger partial charge in [0, 0.05) is 18.7 Å². The predicted molar refractivity (Wildman–Crippen MR) is 132 cm³/mol. The first kappa shape index (κ1) is 23.0. The minimum atomic E-state index is -0.265. The molecule has 0 saturated carbocycles. The lowest BCUT2D eigenvalue weighted by Gasteiger charge is -2.25. The molecule has 0 amide bonds. The zero-order valence-electron chi connectivity index (χ0n) is 20.8. The second-order valence-corrected chi connectivity index (χ2v) is 10.1. The average molecular weight is 475 g/mol. The highest BCUT2D eigenvalue weighted by Crippen LogP contribution is 2.33. The number of benzene rings is 2. The number of fused-ring (bicyclic) bond motifs is 2. The molecule has 5 rings (SSSR count). The van der Waals surface area contributed by atoms with Gasteiger partial charge in [0.05, 0.1) is 17.6 Å². The van der Waals surface area contributed by atoms with Crippen LogP contribution in [0.3, 0.4) is 0 Å². The van der Waals surface area contributed by atoms with E-state index in [1.807, 2.05) is 42.8 Å². The van der Waals surface area contributed by atoms with Gasteiger partial charge >= 0.3 is 0 Å². The van der Waals surface area contributed by atoms with E-state index >= 15 is 0 Å². The van der Waals surface area contributed by atoms with E-state index in [0.29, 0.717) is 25.2 Å². The molecule has 0 radical (unpaired) electrons. The Bertz CT molecular complexity index is 1450. The SMILES string of the molecule is Cc1ccc2cc(CN(Cc3ccc4c(c3)OCO4)Cc3nnnn3C(C)(C)C)c(=O)[nH]c2c1C. The van der Waals surface area contributed by atoms with Gasteiger partial charge in [-0.05, 0) is 85.3 Å². The summed E-state index contributed by atoms with van der Waals surface area (Å²) in [6.45, 7) is 12.0. The number of H-pyrrole nitrogens is 1. The van der Waals surface area contributed by atoms with Crippen LogP contribution in [0.1, 0.15) is 48.8 Å². The molecule has 0 spiro atoms. The topological polar surface area (TPSA) is 98.2 Å². The Morgan fingerprint density at radius 3 is 2.63 bits per heavy atom. The first-order valence-corrected chi connectivity index (χ1v) is 11.7. The summed E-state index contributed by atoms with van der Waals surface area (Å²) in [5, 5.41) is 13.4. The number of aromatic nitrogens is 5. The van der Waals surface area contributed by atoms with Crippen LogP contribution < -0.4 is 15.0 Å². The minimum absolute atomic E-state index is 0.0858. The molecule has 0 fully saturated rings. The van der Waals surface area contributed by atoms with Crippen LogP contribution in [0.2, 0.25) is 0 Å². The summed E-state index contributed by atoms with van der Waals surface area (Å²) >= 11 is 0. The highest BCUT2D eigenvalue weighted by molar-refractivity contribution is 5.83. The lowest BCUT2D eigenvalue weighted by atomic mass is 10.0. The van der Waals surface area contributed by atoms with E-state index in [1.54, 1.807) is 0 Å². The Morgan fingerprint density at radius 1 is 1.03 bits per heavy atom. The van der Waals surface area contributed by atoms with Gasteiger partial charge in [0.2, 0.25) is 6.79 Å². The Morgan fingerprint density at radius 2 is 1.83 bits per heavy atom. The van der Waals surface area contributed by atoms with Crippen molar-refractivity contribution < 1.29 is 9.47 Å². The maximum Gasteiger partial charge on any atom is 0.252 e. The largest absolute Gasteiger partial charge is 0.454 e. The van der Waals surface area contributed by atoms with Crippen molar-refractivity contribution >= 4 is 10.9 Å². The van der Waals surface area contributed by atoms with Crippen molar-refractivity contribution in [3.05, 3.63) is 74.8 Å². The van der Waals surface area contributed by atoms with Crippen LogP contribution >= 0.6 is 0 Å². The maximum atomic E-state index is 13.1. The molecule has 9 heteroatoms. The Kier molecular flexibility index (Phi) is 5.80. The van der Waals surface area contributed by atoms with E-state index in [1.165, 1.54) is 0 Å². The van der Waals surface area contributed by atoms with E-state index in [-0.39, 0.29) is 17.9 Å². The van der Waals surface area contributed by atoms with Gasteiger partial charge in [-0.25, -0.2) is 4.68 Å². The van der Waals surface area contributed by atoms with Gasteiger partial charge < -0.3 is 14.5 Å². The van der Waals surface area contributed by atoms with E-state index < -0.39 is 0 Å². The highest BCUT2D eigenvalue weighted by Gasteiger charge is 2.23. The molecule has 1 aliphatic heterocycles. The van der Waals surface area contributed by atoms with E-state index in [4.69, 9.17) is 9.47 Å². The van der Waals surface area contributed by atoms with Crippen molar-refractivity contribution in [2.45, 2.75) is 59.8 Å².